The van der Waals surface area contributed by atoms with Crippen LogP contribution in [0, 0.1) is 0 Å². The van der Waals surface area contributed by atoms with Crippen molar-refractivity contribution in [3.8, 4) is 22.5 Å². The van der Waals surface area contributed by atoms with Crippen LogP contribution in [-0.4, -0.2) is 9.97 Å². The summed E-state index contributed by atoms with van der Waals surface area (Å²) in [5.74, 6) is 0. The molecule has 8 aromatic carbocycles. The quantitative estimate of drug-likeness (QED) is 0.193. The molecular formula is C42H24N2O. The van der Waals surface area contributed by atoms with E-state index in [1.165, 1.54) is 26.9 Å². The Labute approximate surface area is 258 Å². The van der Waals surface area contributed by atoms with Gasteiger partial charge in [0.05, 0.1) is 22.4 Å². The number of hydrogen-bond acceptors (Lipinski definition) is 3. The van der Waals surface area contributed by atoms with Crippen molar-refractivity contribution in [2.45, 2.75) is 0 Å². The van der Waals surface area contributed by atoms with E-state index in [-0.39, 0.29) is 0 Å². The van der Waals surface area contributed by atoms with E-state index in [9.17, 15) is 0 Å². The van der Waals surface area contributed by atoms with Gasteiger partial charge in [-0.15, -0.1) is 0 Å². The monoisotopic (exact) mass is 572 g/mol. The number of fused-ring (bicyclic) bond motifs is 11. The van der Waals surface area contributed by atoms with Crippen LogP contribution in [0.3, 0.4) is 0 Å². The van der Waals surface area contributed by atoms with Gasteiger partial charge in [0.2, 0.25) is 0 Å². The van der Waals surface area contributed by atoms with Crippen molar-refractivity contribution in [1.82, 2.24) is 9.97 Å². The lowest BCUT2D eigenvalue weighted by molar-refractivity contribution is 0.669. The second-order valence-electron chi connectivity index (χ2n) is 11.8. The first-order valence-electron chi connectivity index (χ1n) is 15.2. The first-order valence-corrected chi connectivity index (χ1v) is 15.2. The second-order valence-corrected chi connectivity index (χ2v) is 11.8. The third-order valence-corrected chi connectivity index (χ3v) is 9.19. The van der Waals surface area contributed by atoms with Crippen molar-refractivity contribution in [3.63, 3.8) is 0 Å². The summed E-state index contributed by atoms with van der Waals surface area (Å²) in [6.07, 6.45) is 0. The zero-order chi connectivity index (χ0) is 29.5. The minimum absolute atomic E-state index is 0.883. The highest BCUT2D eigenvalue weighted by Crippen LogP contribution is 2.40. The first kappa shape index (κ1) is 24.4. The molecular weight excluding hydrogens is 548 g/mol. The molecule has 3 heteroatoms. The number of aromatic nitrogens is 2. The minimum Gasteiger partial charge on any atom is -0.456 e. The van der Waals surface area contributed by atoms with Gasteiger partial charge in [0, 0.05) is 27.3 Å². The maximum Gasteiger partial charge on any atom is 0.136 e. The Kier molecular flexibility index (Phi) is 5.00. The smallest absolute Gasteiger partial charge is 0.136 e. The van der Waals surface area contributed by atoms with E-state index >= 15 is 0 Å². The van der Waals surface area contributed by atoms with Gasteiger partial charge in [-0.3, -0.25) is 0 Å². The van der Waals surface area contributed by atoms with E-state index in [0.717, 1.165) is 71.6 Å². The summed E-state index contributed by atoms with van der Waals surface area (Å²) in [7, 11) is 0. The van der Waals surface area contributed by atoms with E-state index in [1.807, 2.05) is 18.2 Å². The Morgan fingerprint density at radius 1 is 0.378 bits per heavy atom. The van der Waals surface area contributed by atoms with Crippen LogP contribution in [0.5, 0.6) is 0 Å². The lowest BCUT2D eigenvalue weighted by atomic mass is 9.93. The van der Waals surface area contributed by atoms with Crippen molar-refractivity contribution >= 4 is 76.1 Å². The molecule has 2 heterocycles. The predicted octanol–water partition coefficient (Wildman–Crippen LogP) is 11.5. The largest absolute Gasteiger partial charge is 0.456 e. The van der Waals surface area contributed by atoms with E-state index in [4.69, 9.17) is 14.4 Å². The molecule has 0 aliphatic carbocycles. The van der Waals surface area contributed by atoms with Gasteiger partial charge in [0.15, 0.2) is 0 Å². The summed E-state index contributed by atoms with van der Waals surface area (Å²) in [5, 5.41) is 11.8. The molecule has 0 saturated carbocycles. The fraction of sp³-hybridized carbons (Fsp3) is 0. The summed E-state index contributed by atoms with van der Waals surface area (Å²) in [4.78, 5) is 10.6. The molecule has 0 radical (unpaired) electrons. The van der Waals surface area contributed by atoms with Crippen LogP contribution in [0.15, 0.2) is 150 Å². The Morgan fingerprint density at radius 3 is 1.98 bits per heavy atom. The molecule has 0 amide bonds. The van der Waals surface area contributed by atoms with Crippen molar-refractivity contribution < 1.29 is 4.42 Å². The summed E-state index contributed by atoms with van der Waals surface area (Å²) < 4.78 is 6.30. The van der Waals surface area contributed by atoms with Crippen LogP contribution >= 0.6 is 0 Å². The molecule has 0 spiro atoms. The zero-order valence-corrected chi connectivity index (χ0v) is 24.2. The Balaban J connectivity index is 1.24. The maximum absolute atomic E-state index is 6.30. The van der Waals surface area contributed by atoms with E-state index in [2.05, 4.69) is 127 Å². The second kappa shape index (κ2) is 9.22. The van der Waals surface area contributed by atoms with Crippen molar-refractivity contribution in [2.75, 3.05) is 0 Å². The fourth-order valence-electron chi connectivity index (χ4n) is 7.04. The van der Waals surface area contributed by atoms with Crippen molar-refractivity contribution in [1.29, 1.82) is 0 Å². The van der Waals surface area contributed by atoms with Crippen LogP contribution in [-0.2, 0) is 0 Å². The molecule has 0 atom stereocenters. The summed E-state index contributed by atoms with van der Waals surface area (Å²) in [6.45, 7) is 0. The van der Waals surface area contributed by atoms with E-state index in [0.29, 0.717) is 0 Å². The summed E-state index contributed by atoms with van der Waals surface area (Å²) >= 11 is 0. The lowest BCUT2D eigenvalue weighted by Gasteiger charge is -2.14. The average Bonchev–Trinajstić information content (AvgIpc) is 3.47. The number of para-hydroxylation sites is 1. The molecule has 208 valence electrons. The standard InChI is InChI=1S/C42H24N2O/c1-2-9-27(10-3-1)40-41(44-42-32-11-5-4-8-25(32)19-21-36(42)43-40)30-18-20-31-28(22-30)16-14-26-15-17-29-23-35-33-12-6-7-13-37(33)45-38(35)24-34(29)39(26)31/h1-24H. The molecule has 0 saturated heterocycles. The minimum atomic E-state index is 0.883. The van der Waals surface area contributed by atoms with Crippen LogP contribution in [0.1, 0.15) is 0 Å². The Bertz CT molecular complexity index is 2810. The van der Waals surface area contributed by atoms with Crippen LogP contribution in [0.2, 0.25) is 0 Å². The van der Waals surface area contributed by atoms with Gasteiger partial charge in [0.25, 0.3) is 0 Å². The SMILES string of the molecule is c1ccc(-c2nc3ccc4ccccc4c3nc2-c2ccc3c(ccc4ccc5cc6c(cc5c43)oc3ccccc36)c2)cc1. The van der Waals surface area contributed by atoms with Crippen molar-refractivity contribution in [3.05, 3.63) is 146 Å². The Hall–Kier alpha value is -6.06. The van der Waals surface area contributed by atoms with Crippen LogP contribution in [0.25, 0.3) is 98.6 Å². The first-order chi connectivity index (χ1) is 22.3. The molecule has 0 aliphatic heterocycles. The van der Waals surface area contributed by atoms with Gasteiger partial charge in [-0.1, -0.05) is 115 Å². The number of hydrogen-bond donors (Lipinski definition) is 0. The number of rotatable bonds is 2. The molecule has 45 heavy (non-hydrogen) atoms. The number of benzene rings is 8. The van der Waals surface area contributed by atoms with Gasteiger partial charge < -0.3 is 4.42 Å². The molecule has 10 aromatic rings. The highest BCUT2D eigenvalue weighted by Gasteiger charge is 2.17. The normalized spacial score (nSPS) is 12.0. The molecule has 3 nitrogen and oxygen atoms in total. The average molecular weight is 573 g/mol. The number of furan rings is 1. The summed E-state index contributed by atoms with van der Waals surface area (Å²) in [5.41, 5.74) is 7.51. The molecule has 0 bridgehead atoms. The fourth-order valence-corrected chi connectivity index (χ4v) is 7.04. The van der Waals surface area contributed by atoms with E-state index in [1.54, 1.807) is 0 Å². The lowest BCUT2D eigenvalue weighted by Crippen LogP contribution is -1.96. The molecule has 0 fully saturated rings. The van der Waals surface area contributed by atoms with Crippen LogP contribution in [0.4, 0.5) is 0 Å². The highest BCUT2D eigenvalue weighted by atomic mass is 16.3. The number of nitrogens with zero attached hydrogens (tertiary/aromatic N) is 2. The molecule has 0 N–H and O–H groups in total. The third-order valence-electron chi connectivity index (χ3n) is 9.19. The van der Waals surface area contributed by atoms with Gasteiger partial charge in [-0.05, 0) is 68.0 Å². The third kappa shape index (κ3) is 3.65. The topological polar surface area (TPSA) is 38.9 Å². The Morgan fingerprint density at radius 2 is 1.09 bits per heavy atom. The molecule has 10 rings (SSSR count). The molecule has 2 aromatic heterocycles. The maximum atomic E-state index is 6.30. The zero-order valence-electron chi connectivity index (χ0n) is 24.2. The van der Waals surface area contributed by atoms with Crippen LogP contribution < -0.4 is 0 Å². The van der Waals surface area contributed by atoms with Gasteiger partial charge in [0.1, 0.15) is 11.2 Å². The van der Waals surface area contributed by atoms with Crippen molar-refractivity contribution in [2.24, 2.45) is 0 Å². The molecule has 0 aliphatic rings. The van der Waals surface area contributed by atoms with Gasteiger partial charge in [-0.2, -0.15) is 0 Å². The predicted molar refractivity (Wildman–Crippen MR) is 188 cm³/mol. The van der Waals surface area contributed by atoms with Gasteiger partial charge in [-0.25, -0.2) is 9.97 Å². The van der Waals surface area contributed by atoms with E-state index < -0.39 is 0 Å². The molecule has 0 unspecified atom stereocenters. The summed E-state index contributed by atoms with van der Waals surface area (Å²) in [6, 6.07) is 51.3. The van der Waals surface area contributed by atoms with Gasteiger partial charge >= 0.3 is 0 Å². The highest BCUT2D eigenvalue weighted by molar-refractivity contribution is 6.23.